The number of hydrogen-bond donors (Lipinski definition) is 0. The molecule has 0 unspecified atom stereocenters. The number of rotatable bonds is 1. The Morgan fingerprint density at radius 1 is 1.27 bits per heavy atom. The first-order valence-electron chi connectivity index (χ1n) is 4.45. The Kier molecular flexibility index (Phi) is 3.79. The normalized spacial score (nSPS) is 10.1. The van der Waals surface area contributed by atoms with Crippen molar-refractivity contribution in [2.45, 2.75) is 20.8 Å². The van der Waals surface area contributed by atoms with Gasteiger partial charge in [-0.2, -0.15) is 10.7 Å². The van der Waals surface area contributed by atoms with Gasteiger partial charge in [0.15, 0.2) is 0 Å². The van der Waals surface area contributed by atoms with Gasteiger partial charge in [0.05, 0.1) is 0 Å². The summed E-state index contributed by atoms with van der Waals surface area (Å²) in [6.45, 7) is 6.15. The molecule has 0 aliphatic heterocycles. The molecule has 0 radical (unpaired) electrons. The summed E-state index contributed by atoms with van der Waals surface area (Å²) in [6, 6.07) is 3.29. The van der Waals surface area contributed by atoms with Crippen LogP contribution in [-0.2, 0) is 26.5 Å². The van der Waals surface area contributed by atoms with Crippen LogP contribution in [0, 0.1) is 26.8 Å². The van der Waals surface area contributed by atoms with E-state index in [2.05, 4.69) is 27.1 Å². The molecule has 0 atom stereocenters. The van der Waals surface area contributed by atoms with Gasteiger partial charge in [0.2, 0.25) is 0 Å². The standard InChI is InChI=1S/C10H12N3S.Ru/c1-6-5-7(2)13(4)10(6)9-8(3)14-12-11-9;/h1-4H3;/q-1;+2. The fraction of sp³-hybridized carbons (Fsp3) is 0.400. The third-order valence-electron chi connectivity index (χ3n) is 2.44. The van der Waals surface area contributed by atoms with Crippen molar-refractivity contribution in [3.05, 3.63) is 22.2 Å². The Labute approximate surface area is 106 Å². The maximum Gasteiger partial charge on any atom is 2.00 e. The molecule has 2 heterocycles. The molecule has 5 heteroatoms. The van der Waals surface area contributed by atoms with Gasteiger partial charge in [-0.25, -0.2) is 6.07 Å². The van der Waals surface area contributed by atoms with Crippen molar-refractivity contribution in [2.24, 2.45) is 7.05 Å². The van der Waals surface area contributed by atoms with Crippen molar-refractivity contribution >= 4 is 11.5 Å². The van der Waals surface area contributed by atoms with Crippen LogP contribution in [0.15, 0.2) is 0 Å². The minimum absolute atomic E-state index is 0. The third kappa shape index (κ3) is 2.04. The van der Waals surface area contributed by atoms with Gasteiger partial charge in [0.25, 0.3) is 0 Å². The summed E-state index contributed by atoms with van der Waals surface area (Å²) in [5.41, 5.74) is 4.39. The monoisotopic (exact) mass is 308 g/mol. The first kappa shape index (κ1) is 12.5. The van der Waals surface area contributed by atoms with E-state index >= 15 is 0 Å². The van der Waals surface area contributed by atoms with E-state index in [-0.39, 0.29) is 19.5 Å². The van der Waals surface area contributed by atoms with E-state index in [0.717, 1.165) is 27.5 Å². The molecule has 2 rings (SSSR count). The van der Waals surface area contributed by atoms with Gasteiger partial charge in [-0.1, -0.05) is 22.8 Å². The van der Waals surface area contributed by atoms with Crippen LogP contribution in [0.5, 0.6) is 0 Å². The van der Waals surface area contributed by atoms with Gasteiger partial charge >= 0.3 is 19.5 Å². The summed E-state index contributed by atoms with van der Waals surface area (Å²) in [6.07, 6.45) is 0. The predicted octanol–water partition coefficient (Wildman–Crippen LogP) is 2.27. The number of hydrogen-bond acceptors (Lipinski definition) is 3. The molecule has 0 fully saturated rings. The minimum atomic E-state index is 0. The summed E-state index contributed by atoms with van der Waals surface area (Å²) >= 11 is 1.44. The van der Waals surface area contributed by atoms with Crippen LogP contribution in [0.2, 0.25) is 0 Å². The van der Waals surface area contributed by atoms with Crippen LogP contribution in [0.1, 0.15) is 16.1 Å². The Morgan fingerprint density at radius 2 is 1.93 bits per heavy atom. The molecule has 3 nitrogen and oxygen atoms in total. The van der Waals surface area contributed by atoms with Crippen molar-refractivity contribution in [1.29, 1.82) is 0 Å². The van der Waals surface area contributed by atoms with E-state index in [1.165, 1.54) is 11.5 Å². The largest absolute Gasteiger partial charge is 2.00 e. The molecule has 0 amide bonds. The van der Waals surface area contributed by atoms with Gasteiger partial charge in [-0.15, -0.1) is 0 Å². The molecule has 15 heavy (non-hydrogen) atoms. The molecule has 0 aliphatic rings. The summed E-state index contributed by atoms with van der Waals surface area (Å²) in [5, 5.41) is 4.15. The number of aryl methyl sites for hydroxylation is 3. The predicted molar refractivity (Wildman–Crippen MR) is 57.4 cm³/mol. The molecule has 0 aliphatic carbocycles. The molecule has 2 aromatic rings. The molecule has 80 valence electrons. The van der Waals surface area contributed by atoms with E-state index in [1.807, 2.05) is 20.9 Å². The quantitative estimate of drug-likeness (QED) is 0.598. The second-order valence-electron chi connectivity index (χ2n) is 3.42. The first-order valence-corrected chi connectivity index (χ1v) is 5.23. The zero-order valence-corrected chi connectivity index (χ0v) is 11.7. The average Bonchev–Trinajstić information content (AvgIpc) is 2.60. The van der Waals surface area contributed by atoms with E-state index in [4.69, 9.17) is 0 Å². The zero-order chi connectivity index (χ0) is 10.3. The molecule has 0 saturated carbocycles. The fourth-order valence-corrected chi connectivity index (χ4v) is 2.09. The van der Waals surface area contributed by atoms with Gasteiger partial charge in [-0.3, -0.25) is 0 Å². The minimum Gasteiger partial charge on any atom is -0.439 e. The Morgan fingerprint density at radius 3 is 2.33 bits per heavy atom. The Bertz CT molecular complexity index is 473. The van der Waals surface area contributed by atoms with Crippen LogP contribution in [-0.4, -0.2) is 14.2 Å². The Balaban J connectivity index is 0.00000112. The van der Waals surface area contributed by atoms with E-state index in [0.29, 0.717) is 0 Å². The smallest absolute Gasteiger partial charge is 0.439 e. The average molecular weight is 307 g/mol. The van der Waals surface area contributed by atoms with Crippen molar-refractivity contribution in [1.82, 2.24) is 14.2 Å². The van der Waals surface area contributed by atoms with Crippen molar-refractivity contribution in [2.75, 3.05) is 0 Å². The summed E-state index contributed by atoms with van der Waals surface area (Å²) in [4.78, 5) is 1.16. The van der Waals surface area contributed by atoms with Gasteiger partial charge in [-0.05, 0) is 32.4 Å². The van der Waals surface area contributed by atoms with E-state index < -0.39 is 0 Å². The van der Waals surface area contributed by atoms with Crippen molar-refractivity contribution in [3.8, 4) is 11.4 Å². The molecule has 0 aromatic carbocycles. The third-order valence-corrected chi connectivity index (χ3v) is 3.07. The maximum absolute atomic E-state index is 4.15. The summed E-state index contributed by atoms with van der Waals surface area (Å²) < 4.78 is 6.06. The van der Waals surface area contributed by atoms with Crippen LogP contribution < -0.4 is 0 Å². The number of aromatic nitrogens is 3. The van der Waals surface area contributed by atoms with Crippen LogP contribution in [0.4, 0.5) is 0 Å². The van der Waals surface area contributed by atoms with E-state index in [9.17, 15) is 0 Å². The molecule has 0 spiro atoms. The van der Waals surface area contributed by atoms with Crippen molar-refractivity contribution < 1.29 is 19.5 Å². The SMILES string of the molecule is Cc1[c-]c(C)n(C)c1-c1nnsc1C.[Ru+2]. The van der Waals surface area contributed by atoms with Crippen LogP contribution in [0.25, 0.3) is 11.4 Å². The van der Waals surface area contributed by atoms with Gasteiger partial charge < -0.3 is 4.57 Å². The van der Waals surface area contributed by atoms with Crippen LogP contribution in [0.3, 0.4) is 0 Å². The van der Waals surface area contributed by atoms with Crippen molar-refractivity contribution in [3.63, 3.8) is 0 Å². The molecule has 2 aromatic heterocycles. The molecular formula is C10H12N3RuS+. The molecular weight excluding hydrogens is 295 g/mol. The zero-order valence-electron chi connectivity index (χ0n) is 9.10. The molecule has 0 bridgehead atoms. The van der Waals surface area contributed by atoms with Crippen LogP contribution >= 0.6 is 11.5 Å². The molecule has 0 saturated heterocycles. The summed E-state index contributed by atoms with van der Waals surface area (Å²) in [7, 11) is 2.03. The van der Waals surface area contributed by atoms with Gasteiger partial charge in [0, 0.05) is 10.6 Å². The second kappa shape index (κ2) is 4.54. The molecule has 0 N–H and O–H groups in total. The maximum atomic E-state index is 4.15. The topological polar surface area (TPSA) is 30.7 Å². The van der Waals surface area contributed by atoms with Gasteiger partial charge in [0.1, 0.15) is 0 Å². The second-order valence-corrected chi connectivity index (χ2v) is 4.38. The summed E-state index contributed by atoms with van der Waals surface area (Å²) in [5.74, 6) is 0. The Hall–Kier alpha value is -0.537. The first-order chi connectivity index (χ1) is 6.61. The number of nitrogens with zero attached hydrogens (tertiary/aromatic N) is 3. The van der Waals surface area contributed by atoms with E-state index in [1.54, 1.807) is 0 Å². The fourth-order valence-electron chi connectivity index (χ4n) is 1.62.